The third-order valence-electron chi connectivity index (χ3n) is 4.06. The Balaban J connectivity index is 1.56. The average Bonchev–Trinajstić information content (AvgIpc) is 2.48. The summed E-state index contributed by atoms with van der Waals surface area (Å²) in [6, 6.07) is 0. The van der Waals surface area contributed by atoms with Crippen LogP contribution in [0.5, 0.6) is 0 Å². The van der Waals surface area contributed by atoms with Crippen molar-refractivity contribution in [2.75, 3.05) is 44.7 Å². The zero-order valence-corrected chi connectivity index (χ0v) is 12.5. The molecule has 1 N–H and O–H groups in total. The van der Waals surface area contributed by atoms with Crippen LogP contribution in [0.15, 0.2) is 6.20 Å². The SMILES string of the molecule is C[C@H]1CC(=O)c2cnc(NCCN3CCOCC3)nc2C1. The molecule has 0 bridgehead atoms. The minimum Gasteiger partial charge on any atom is -0.379 e. The van der Waals surface area contributed by atoms with Crippen LogP contribution in [0.2, 0.25) is 0 Å². The molecule has 0 unspecified atom stereocenters. The van der Waals surface area contributed by atoms with Crippen molar-refractivity contribution >= 4 is 11.7 Å². The van der Waals surface area contributed by atoms with Crippen molar-refractivity contribution in [1.29, 1.82) is 0 Å². The van der Waals surface area contributed by atoms with Crippen LogP contribution in [0, 0.1) is 5.92 Å². The third kappa shape index (κ3) is 3.57. The standard InChI is InChI=1S/C15H22N4O2/c1-11-8-13-12(14(20)9-11)10-17-15(18-13)16-2-3-19-4-6-21-7-5-19/h10-11H,2-9H2,1H3,(H,16,17,18)/t11-/m1/s1. The van der Waals surface area contributed by atoms with Gasteiger partial charge in [0, 0.05) is 38.8 Å². The van der Waals surface area contributed by atoms with Gasteiger partial charge in [0.25, 0.3) is 0 Å². The molecule has 6 heteroatoms. The normalized spacial score (nSPS) is 22.9. The first-order chi connectivity index (χ1) is 10.2. The predicted octanol–water partition coefficient (Wildman–Crippen LogP) is 0.986. The molecule has 1 aromatic heterocycles. The quantitative estimate of drug-likeness (QED) is 0.892. The van der Waals surface area contributed by atoms with Crippen LogP contribution in [0.4, 0.5) is 5.95 Å². The van der Waals surface area contributed by atoms with Crippen LogP contribution in [-0.4, -0.2) is 60.0 Å². The fraction of sp³-hybridized carbons (Fsp3) is 0.667. The van der Waals surface area contributed by atoms with Crippen molar-refractivity contribution in [3.63, 3.8) is 0 Å². The van der Waals surface area contributed by atoms with E-state index in [1.807, 2.05) is 0 Å². The van der Waals surface area contributed by atoms with Crippen LogP contribution in [0.25, 0.3) is 0 Å². The fourth-order valence-electron chi connectivity index (χ4n) is 2.87. The summed E-state index contributed by atoms with van der Waals surface area (Å²) in [5.74, 6) is 1.17. The summed E-state index contributed by atoms with van der Waals surface area (Å²) in [4.78, 5) is 23.0. The first kappa shape index (κ1) is 14.4. The summed E-state index contributed by atoms with van der Waals surface area (Å²) in [5.41, 5.74) is 1.59. The van der Waals surface area contributed by atoms with Gasteiger partial charge in [-0.25, -0.2) is 9.97 Å². The molecule has 3 rings (SSSR count). The number of ether oxygens (including phenoxy) is 1. The molecular weight excluding hydrogens is 268 g/mol. The van der Waals surface area contributed by atoms with Gasteiger partial charge in [-0.1, -0.05) is 6.92 Å². The zero-order chi connectivity index (χ0) is 14.7. The maximum atomic E-state index is 11.9. The number of nitrogens with zero attached hydrogens (tertiary/aromatic N) is 3. The molecule has 1 atom stereocenters. The maximum absolute atomic E-state index is 11.9. The topological polar surface area (TPSA) is 67.4 Å². The Bertz CT molecular complexity index is 514. The Morgan fingerprint density at radius 1 is 1.38 bits per heavy atom. The van der Waals surface area contributed by atoms with Gasteiger partial charge in [-0.3, -0.25) is 9.69 Å². The lowest BCUT2D eigenvalue weighted by atomic mass is 9.88. The molecular formula is C15H22N4O2. The Labute approximate surface area is 124 Å². The number of hydrogen-bond acceptors (Lipinski definition) is 6. The van der Waals surface area contributed by atoms with E-state index in [0.29, 0.717) is 23.9 Å². The number of carbonyl (C=O) groups is 1. The first-order valence-corrected chi connectivity index (χ1v) is 7.65. The number of morpholine rings is 1. The van der Waals surface area contributed by atoms with E-state index >= 15 is 0 Å². The number of aromatic nitrogens is 2. The molecule has 1 fully saturated rings. The third-order valence-corrected chi connectivity index (χ3v) is 4.06. The number of anilines is 1. The van der Waals surface area contributed by atoms with Gasteiger partial charge in [0.1, 0.15) is 0 Å². The van der Waals surface area contributed by atoms with Crippen LogP contribution in [0.1, 0.15) is 29.4 Å². The second-order valence-electron chi connectivity index (χ2n) is 5.87. The summed E-state index contributed by atoms with van der Waals surface area (Å²) in [5, 5.41) is 3.26. The van der Waals surface area contributed by atoms with Gasteiger partial charge in [-0.2, -0.15) is 0 Å². The van der Waals surface area contributed by atoms with E-state index in [9.17, 15) is 4.79 Å². The van der Waals surface area contributed by atoms with Gasteiger partial charge >= 0.3 is 0 Å². The largest absolute Gasteiger partial charge is 0.379 e. The molecule has 1 aliphatic heterocycles. The van der Waals surface area contributed by atoms with Crippen molar-refractivity contribution < 1.29 is 9.53 Å². The molecule has 0 aromatic carbocycles. The lowest BCUT2D eigenvalue weighted by molar-refractivity contribution is 0.0398. The predicted molar refractivity (Wildman–Crippen MR) is 79.6 cm³/mol. The minimum atomic E-state index is 0.170. The molecule has 0 saturated carbocycles. The van der Waals surface area contributed by atoms with Gasteiger partial charge in [0.15, 0.2) is 5.78 Å². The Kier molecular flexibility index (Phi) is 4.45. The number of Topliss-reactive ketones (excluding diaryl/α,β-unsaturated/α-hetero) is 1. The molecule has 2 heterocycles. The number of hydrogen-bond donors (Lipinski definition) is 1. The van der Waals surface area contributed by atoms with E-state index < -0.39 is 0 Å². The molecule has 0 spiro atoms. The smallest absolute Gasteiger partial charge is 0.222 e. The van der Waals surface area contributed by atoms with Crippen molar-refractivity contribution in [3.8, 4) is 0 Å². The number of ketones is 1. The van der Waals surface area contributed by atoms with Gasteiger partial charge in [0.05, 0.1) is 24.5 Å². The molecule has 114 valence electrons. The summed E-state index contributed by atoms with van der Waals surface area (Å²) in [7, 11) is 0. The molecule has 1 aliphatic carbocycles. The molecule has 0 amide bonds. The highest BCUT2D eigenvalue weighted by molar-refractivity contribution is 5.98. The van der Waals surface area contributed by atoms with Gasteiger partial charge in [-0.05, 0) is 12.3 Å². The fourth-order valence-corrected chi connectivity index (χ4v) is 2.87. The van der Waals surface area contributed by atoms with Crippen LogP contribution in [0.3, 0.4) is 0 Å². The highest BCUT2D eigenvalue weighted by Crippen LogP contribution is 2.23. The average molecular weight is 290 g/mol. The van der Waals surface area contributed by atoms with Crippen molar-refractivity contribution in [2.24, 2.45) is 5.92 Å². The summed E-state index contributed by atoms with van der Waals surface area (Å²) in [6.45, 7) is 7.46. The highest BCUT2D eigenvalue weighted by atomic mass is 16.5. The summed E-state index contributed by atoms with van der Waals surface area (Å²) in [6.07, 6.45) is 3.15. The van der Waals surface area contributed by atoms with Crippen LogP contribution >= 0.6 is 0 Å². The van der Waals surface area contributed by atoms with Gasteiger partial charge < -0.3 is 10.1 Å². The van der Waals surface area contributed by atoms with Crippen molar-refractivity contribution in [2.45, 2.75) is 19.8 Å². The van der Waals surface area contributed by atoms with E-state index in [0.717, 1.165) is 51.5 Å². The number of rotatable bonds is 4. The Morgan fingerprint density at radius 3 is 3.00 bits per heavy atom. The molecule has 1 aromatic rings. The lowest BCUT2D eigenvalue weighted by Crippen LogP contribution is -2.39. The monoisotopic (exact) mass is 290 g/mol. The molecule has 6 nitrogen and oxygen atoms in total. The van der Waals surface area contributed by atoms with E-state index in [-0.39, 0.29) is 5.78 Å². The van der Waals surface area contributed by atoms with E-state index in [1.54, 1.807) is 6.20 Å². The molecule has 21 heavy (non-hydrogen) atoms. The maximum Gasteiger partial charge on any atom is 0.222 e. The second-order valence-corrected chi connectivity index (χ2v) is 5.87. The number of carbonyl (C=O) groups excluding carboxylic acids is 1. The summed E-state index contributed by atoms with van der Waals surface area (Å²) >= 11 is 0. The van der Waals surface area contributed by atoms with Crippen LogP contribution < -0.4 is 5.32 Å². The Morgan fingerprint density at radius 2 is 2.19 bits per heavy atom. The second kappa shape index (κ2) is 6.49. The van der Waals surface area contributed by atoms with E-state index in [1.165, 1.54) is 0 Å². The van der Waals surface area contributed by atoms with Crippen molar-refractivity contribution in [3.05, 3.63) is 17.5 Å². The van der Waals surface area contributed by atoms with Gasteiger partial charge in [-0.15, -0.1) is 0 Å². The molecule has 0 radical (unpaired) electrons. The minimum absolute atomic E-state index is 0.170. The van der Waals surface area contributed by atoms with Gasteiger partial charge in [0.2, 0.25) is 5.95 Å². The highest BCUT2D eigenvalue weighted by Gasteiger charge is 2.24. The number of fused-ring (bicyclic) bond motifs is 1. The molecule has 1 saturated heterocycles. The van der Waals surface area contributed by atoms with E-state index in [2.05, 4.69) is 27.1 Å². The Hall–Kier alpha value is -1.53. The van der Waals surface area contributed by atoms with Crippen LogP contribution in [-0.2, 0) is 11.2 Å². The first-order valence-electron chi connectivity index (χ1n) is 7.65. The van der Waals surface area contributed by atoms with Crippen molar-refractivity contribution in [1.82, 2.24) is 14.9 Å². The van der Waals surface area contributed by atoms with E-state index in [4.69, 9.17) is 4.74 Å². The number of nitrogens with one attached hydrogen (secondary N) is 1. The lowest BCUT2D eigenvalue weighted by Gasteiger charge is -2.26. The summed E-state index contributed by atoms with van der Waals surface area (Å²) < 4.78 is 5.33. The zero-order valence-electron chi connectivity index (χ0n) is 12.5. The molecule has 2 aliphatic rings.